The largest absolute Gasteiger partial charge is 0.493 e. The summed E-state index contributed by atoms with van der Waals surface area (Å²) in [6.07, 6.45) is 4.64. The Morgan fingerprint density at radius 1 is 1.18 bits per heavy atom. The number of H-pyrrole nitrogens is 1. The molecule has 5 atom stereocenters. The summed E-state index contributed by atoms with van der Waals surface area (Å²) in [5.74, 6) is 0.179. The Morgan fingerprint density at radius 2 is 2.06 bits per heavy atom. The Morgan fingerprint density at radius 3 is 2.91 bits per heavy atom. The first-order valence-corrected chi connectivity index (χ1v) is 11.9. The van der Waals surface area contributed by atoms with E-state index >= 15 is 0 Å². The third-order valence-electron chi connectivity index (χ3n) is 6.86. The summed E-state index contributed by atoms with van der Waals surface area (Å²) >= 11 is 0. The highest BCUT2D eigenvalue weighted by atomic mass is 16.5. The van der Waals surface area contributed by atoms with E-state index < -0.39 is 18.2 Å². The van der Waals surface area contributed by atoms with Gasteiger partial charge in [0, 0.05) is 44.0 Å². The molecule has 3 aliphatic rings. The van der Waals surface area contributed by atoms with Gasteiger partial charge in [-0.25, -0.2) is 4.98 Å². The van der Waals surface area contributed by atoms with Crippen molar-refractivity contribution in [3.8, 4) is 5.75 Å². The molecule has 1 aromatic carbocycles. The summed E-state index contributed by atoms with van der Waals surface area (Å²) in [6.45, 7) is 1.67. The van der Waals surface area contributed by atoms with E-state index in [9.17, 15) is 14.7 Å². The molecule has 0 aliphatic carbocycles. The number of hydrogen-bond acceptors (Lipinski definition) is 7. The molecule has 2 aromatic rings. The van der Waals surface area contributed by atoms with Crippen LogP contribution in [0.2, 0.25) is 0 Å². The number of likely N-dealkylation sites (tertiary alicyclic amines) is 1. The normalized spacial score (nSPS) is 30.7. The molecule has 10 nitrogen and oxygen atoms in total. The predicted molar refractivity (Wildman–Crippen MR) is 122 cm³/mol. The number of benzene rings is 1. The second-order valence-electron chi connectivity index (χ2n) is 9.25. The molecule has 2 amide bonds. The summed E-state index contributed by atoms with van der Waals surface area (Å²) in [5, 5.41) is 16.5. The van der Waals surface area contributed by atoms with Crippen molar-refractivity contribution in [3.05, 3.63) is 48.0 Å². The van der Waals surface area contributed by atoms with E-state index in [1.165, 1.54) is 0 Å². The molecule has 5 rings (SSSR count). The van der Waals surface area contributed by atoms with Gasteiger partial charge in [0.15, 0.2) is 0 Å². The minimum absolute atomic E-state index is 0.0769. The van der Waals surface area contributed by atoms with Crippen LogP contribution in [-0.2, 0) is 16.1 Å². The molecule has 0 saturated carbocycles. The van der Waals surface area contributed by atoms with Gasteiger partial charge in [-0.2, -0.15) is 0 Å². The van der Waals surface area contributed by atoms with Crippen LogP contribution in [0.4, 0.5) is 0 Å². The molecule has 0 radical (unpaired) electrons. The van der Waals surface area contributed by atoms with Crippen LogP contribution in [0.1, 0.15) is 41.7 Å². The van der Waals surface area contributed by atoms with Gasteiger partial charge in [-0.15, -0.1) is 0 Å². The molecule has 182 valence electrons. The number of hydrogen-bond donors (Lipinski definition) is 4. The maximum atomic E-state index is 13.2. The number of imidazole rings is 1. The molecule has 0 unspecified atom stereocenters. The average Bonchev–Trinajstić information content (AvgIpc) is 3.49. The Labute approximate surface area is 198 Å². The van der Waals surface area contributed by atoms with Gasteiger partial charge >= 0.3 is 0 Å². The lowest BCUT2D eigenvalue weighted by atomic mass is 9.99. The first kappa shape index (κ1) is 22.8. The van der Waals surface area contributed by atoms with Gasteiger partial charge in [-0.1, -0.05) is 12.1 Å². The molecule has 4 bridgehead atoms. The molecular formula is C24H31N5O5. The number of aliphatic hydroxyl groups is 1. The van der Waals surface area contributed by atoms with Crippen LogP contribution in [0.3, 0.4) is 0 Å². The molecule has 0 spiro atoms. The van der Waals surface area contributed by atoms with Crippen LogP contribution in [0.25, 0.3) is 0 Å². The number of carbonyl (C=O) groups is 2. The Kier molecular flexibility index (Phi) is 6.80. The maximum Gasteiger partial charge on any atom is 0.255 e. The maximum absolute atomic E-state index is 13.2. The van der Waals surface area contributed by atoms with E-state index in [-0.39, 0.29) is 30.5 Å². The van der Waals surface area contributed by atoms with Crippen LogP contribution in [0, 0.1) is 0 Å². The van der Waals surface area contributed by atoms with Crippen molar-refractivity contribution in [2.75, 3.05) is 19.7 Å². The lowest BCUT2D eigenvalue weighted by molar-refractivity contribution is -0.133. The van der Waals surface area contributed by atoms with Crippen LogP contribution in [0.5, 0.6) is 5.75 Å². The quantitative estimate of drug-likeness (QED) is 0.507. The number of fused-ring (bicyclic) bond motifs is 5. The summed E-state index contributed by atoms with van der Waals surface area (Å²) in [5.41, 5.74) is 1.36. The number of para-hydroxylation sites is 1. The molecule has 4 heterocycles. The summed E-state index contributed by atoms with van der Waals surface area (Å²) < 4.78 is 12.1. The standard InChI is InChI=1S/C24H31N5O5/c30-20-6-5-17-7-8-33-21-4-2-1-3-18(21)23(31)28-15-9-19(24(32)26-11-22(20)34-17)29(12-15)13-16-10-25-14-27-16/h1-4,10,14-15,17,19-20,22,30H,5-9,11-13H2,(H,25,27)(H,26,32)(H,28,31)/t15-,17-,19-,20-,22+/m0/s1. The van der Waals surface area contributed by atoms with Crippen molar-refractivity contribution >= 4 is 11.8 Å². The van der Waals surface area contributed by atoms with Crippen molar-refractivity contribution in [2.45, 2.75) is 62.6 Å². The van der Waals surface area contributed by atoms with Gasteiger partial charge in [0.05, 0.1) is 36.7 Å². The highest BCUT2D eigenvalue weighted by molar-refractivity contribution is 5.97. The zero-order valence-corrected chi connectivity index (χ0v) is 19.0. The van der Waals surface area contributed by atoms with Gasteiger partial charge in [-0.05, 0) is 31.4 Å². The molecular weight excluding hydrogens is 438 g/mol. The van der Waals surface area contributed by atoms with Gasteiger partial charge in [-0.3, -0.25) is 14.5 Å². The number of ether oxygens (including phenoxy) is 2. The number of nitrogens with zero attached hydrogens (tertiary/aromatic N) is 2. The summed E-state index contributed by atoms with van der Waals surface area (Å²) in [7, 11) is 0. The van der Waals surface area contributed by atoms with Gasteiger partial charge in [0.2, 0.25) is 5.91 Å². The molecule has 2 fully saturated rings. The van der Waals surface area contributed by atoms with E-state index in [4.69, 9.17) is 9.47 Å². The number of nitrogens with one attached hydrogen (secondary N) is 3. The fourth-order valence-electron chi connectivity index (χ4n) is 5.05. The molecule has 3 aliphatic heterocycles. The zero-order valence-electron chi connectivity index (χ0n) is 19.0. The molecule has 2 saturated heterocycles. The molecule has 34 heavy (non-hydrogen) atoms. The number of aromatic nitrogens is 2. The Hall–Kier alpha value is -2.95. The highest BCUT2D eigenvalue weighted by Crippen LogP contribution is 2.26. The smallest absolute Gasteiger partial charge is 0.255 e. The van der Waals surface area contributed by atoms with E-state index in [0.717, 1.165) is 12.1 Å². The monoisotopic (exact) mass is 469 g/mol. The number of rotatable bonds is 2. The first-order valence-electron chi connectivity index (χ1n) is 11.9. The zero-order chi connectivity index (χ0) is 23.5. The second kappa shape index (κ2) is 10.1. The number of aliphatic hydroxyl groups excluding tert-OH is 1. The van der Waals surface area contributed by atoms with Crippen LogP contribution >= 0.6 is 0 Å². The number of carbonyl (C=O) groups excluding carboxylic acids is 2. The minimum atomic E-state index is -0.617. The molecule has 10 heteroatoms. The lowest BCUT2D eigenvalue weighted by Crippen LogP contribution is -2.50. The highest BCUT2D eigenvalue weighted by Gasteiger charge is 2.39. The third-order valence-corrected chi connectivity index (χ3v) is 6.86. The first-order chi connectivity index (χ1) is 16.6. The minimum Gasteiger partial charge on any atom is -0.493 e. The van der Waals surface area contributed by atoms with Gasteiger partial charge < -0.3 is 30.2 Å². The fraction of sp³-hybridized carbons (Fsp3) is 0.542. The average molecular weight is 470 g/mol. The molecule has 1 aromatic heterocycles. The summed E-state index contributed by atoms with van der Waals surface area (Å²) in [4.78, 5) is 35.5. The SMILES string of the molecule is O=C1N[C@H]2C[C@@H](C(=O)NC[C@H]3O[C@H](CCOc4ccccc41)CC[C@@H]3O)N(Cc1cnc[nH]1)C2. The predicted octanol–water partition coefficient (Wildman–Crippen LogP) is 0.590. The van der Waals surface area contributed by atoms with Crippen molar-refractivity contribution in [1.29, 1.82) is 0 Å². The van der Waals surface area contributed by atoms with Gasteiger partial charge in [0.1, 0.15) is 11.9 Å². The number of aromatic amines is 1. The van der Waals surface area contributed by atoms with E-state index in [0.29, 0.717) is 50.3 Å². The molecule has 4 N–H and O–H groups in total. The summed E-state index contributed by atoms with van der Waals surface area (Å²) in [6, 6.07) is 6.57. The van der Waals surface area contributed by atoms with E-state index in [2.05, 4.69) is 20.6 Å². The van der Waals surface area contributed by atoms with Crippen LogP contribution < -0.4 is 15.4 Å². The Bertz CT molecular complexity index is 999. The van der Waals surface area contributed by atoms with Crippen molar-refractivity contribution < 1.29 is 24.2 Å². The third kappa shape index (κ3) is 5.08. The number of amides is 2. The van der Waals surface area contributed by atoms with Crippen LogP contribution in [-0.4, -0.2) is 81.9 Å². The van der Waals surface area contributed by atoms with Crippen LogP contribution in [0.15, 0.2) is 36.8 Å². The Balaban J connectivity index is 1.39. The van der Waals surface area contributed by atoms with Gasteiger partial charge in [0.25, 0.3) is 5.91 Å². The lowest BCUT2D eigenvalue weighted by Gasteiger charge is -2.34. The van der Waals surface area contributed by atoms with Crippen molar-refractivity contribution in [1.82, 2.24) is 25.5 Å². The second-order valence-corrected chi connectivity index (χ2v) is 9.25. The van der Waals surface area contributed by atoms with E-state index in [1.807, 2.05) is 17.0 Å². The topological polar surface area (TPSA) is 129 Å². The van der Waals surface area contributed by atoms with E-state index in [1.54, 1.807) is 24.7 Å². The fourth-order valence-corrected chi connectivity index (χ4v) is 5.05. The van der Waals surface area contributed by atoms with Crippen molar-refractivity contribution in [3.63, 3.8) is 0 Å². The van der Waals surface area contributed by atoms with Crippen molar-refractivity contribution in [2.24, 2.45) is 0 Å².